The van der Waals surface area contributed by atoms with Crippen LogP contribution >= 0.6 is 0 Å². The first-order chi connectivity index (χ1) is 12.4. The number of aryl methyl sites for hydroxylation is 1. The summed E-state index contributed by atoms with van der Waals surface area (Å²) >= 11 is 0. The molecule has 6 nitrogen and oxygen atoms in total. The number of anilines is 1. The fraction of sp³-hybridized carbons (Fsp3) is 0.105. The zero-order valence-corrected chi connectivity index (χ0v) is 14.1. The second kappa shape index (κ2) is 6.79. The van der Waals surface area contributed by atoms with E-state index in [-0.39, 0.29) is 16.5 Å². The maximum absolute atomic E-state index is 13.9. The summed E-state index contributed by atoms with van der Waals surface area (Å²) in [6.45, 7) is 0. The van der Waals surface area contributed by atoms with Crippen LogP contribution in [0.5, 0.6) is 0 Å². The quantitative estimate of drug-likeness (QED) is 0.734. The van der Waals surface area contributed by atoms with Crippen molar-refractivity contribution in [2.24, 2.45) is 7.05 Å². The summed E-state index contributed by atoms with van der Waals surface area (Å²) in [5.41, 5.74) is 0.215. The van der Waals surface area contributed by atoms with Gasteiger partial charge in [-0.2, -0.15) is 0 Å². The van der Waals surface area contributed by atoms with Gasteiger partial charge in [0.15, 0.2) is 0 Å². The molecule has 0 aliphatic heterocycles. The van der Waals surface area contributed by atoms with Crippen LogP contribution in [0.15, 0.2) is 53.5 Å². The highest BCUT2D eigenvalue weighted by molar-refractivity contribution is 6.06. The van der Waals surface area contributed by atoms with E-state index in [1.165, 1.54) is 60.3 Å². The van der Waals surface area contributed by atoms with E-state index >= 15 is 0 Å². The average molecular weight is 354 g/mol. The van der Waals surface area contributed by atoms with Gasteiger partial charge in [-0.1, -0.05) is 6.07 Å². The van der Waals surface area contributed by atoms with Crippen molar-refractivity contribution in [3.63, 3.8) is 0 Å². The Hall–Kier alpha value is -3.48. The lowest BCUT2D eigenvalue weighted by Gasteiger charge is -2.10. The van der Waals surface area contributed by atoms with Crippen LogP contribution < -0.4 is 10.7 Å². The van der Waals surface area contributed by atoms with E-state index in [0.717, 1.165) is 0 Å². The third-order valence-corrected chi connectivity index (χ3v) is 3.96. The Morgan fingerprint density at radius 1 is 1.12 bits per heavy atom. The van der Waals surface area contributed by atoms with Gasteiger partial charge in [-0.25, -0.2) is 9.18 Å². The molecule has 7 heteroatoms. The van der Waals surface area contributed by atoms with E-state index in [1.54, 1.807) is 7.05 Å². The normalized spacial score (nSPS) is 10.6. The predicted octanol–water partition coefficient (Wildman–Crippen LogP) is 2.72. The fourth-order valence-electron chi connectivity index (χ4n) is 2.69. The second-order valence-corrected chi connectivity index (χ2v) is 5.64. The van der Waals surface area contributed by atoms with Crippen LogP contribution in [0.2, 0.25) is 0 Å². The molecule has 1 aromatic heterocycles. The van der Waals surface area contributed by atoms with Gasteiger partial charge in [0.25, 0.3) is 5.91 Å². The van der Waals surface area contributed by atoms with Crippen molar-refractivity contribution in [1.29, 1.82) is 0 Å². The number of ether oxygens (including phenoxy) is 1. The molecule has 0 radical (unpaired) electrons. The van der Waals surface area contributed by atoms with Crippen molar-refractivity contribution in [3.8, 4) is 0 Å². The maximum Gasteiger partial charge on any atom is 0.337 e. The molecule has 2 aromatic carbocycles. The third kappa shape index (κ3) is 3.06. The molecule has 1 N–H and O–H groups in total. The van der Waals surface area contributed by atoms with Gasteiger partial charge in [0.05, 0.1) is 18.2 Å². The zero-order valence-electron chi connectivity index (χ0n) is 14.1. The van der Waals surface area contributed by atoms with E-state index in [2.05, 4.69) is 10.1 Å². The lowest BCUT2D eigenvalue weighted by atomic mass is 10.1. The summed E-state index contributed by atoms with van der Waals surface area (Å²) in [5, 5.41) is 2.72. The number of amides is 1. The smallest absolute Gasteiger partial charge is 0.337 e. The monoisotopic (exact) mass is 354 g/mol. The van der Waals surface area contributed by atoms with Gasteiger partial charge in [-0.05, 0) is 36.4 Å². The fourth-order valence-corrected chi connectivity index (χ4v) is 2.69. The molecular weight excluding hydrogens is 339 g/mol. The van der Waals surface area contributed by atoms with Crippen molar-refractivity contribution in [3.05, 3.63) is 75.8 Å². The summed E-state index contributed by atoms with van der Waals surface area (Å²) in [5.74, 6) is -1.65. The van der Waals surface area contributed by atoms with Crippen molar-refractivity contribution in [2.45, 2.75) is 0 Å². The molecule has 1 heterocycles. The van der Waals surface area contributed by atoms with Crippen LogP contribution in [-0.2, 0) is 11.8 Å². The van der Waals surface area contributed by atoms with Crippen LogP contribution in [-0.4, -0.2) is 23.6 Å². The van der Waals surface area contributed by atoms with E-state index in [0.29, 0.717) is 11.3 Å². The lowest BCUT2D eigenvalue weighted by Crippen LogP contribution is -2.23. The highest BCUT2D eigenvalue weighted by Crippen LogP contribution is 2.16. The Balaban J connectivity index is 1.95. The molecule has 0 saturated carbocycles. The Bertz CT molecular complexity index is 1070. The first-order valence-corrected chi connectivity index (χ1v) is 7.70. The molecule has 0 atom stereocenters. The largest absolute Gasteiger partial charge is 0.465 e. The Kier molecular flexibility index (Phi) is 4.53. The van der Waals surface area contributed by atoms with Gasteiger partial charge in [0.1, 0.15) is 11.4 Å². The Morgan fingerprint density at radius 2 is 1.81 bits per heavy atom. The Labute approximate surface area is 147 Å². The summed E-state index contributed by atoms with van der Waals surface area (Å²) in [6.07, 6.45) is 1.30. The molecule has 0 fully saturated rings. The number of carbonyl (C=O) groups excluding carboxylic acids is 2. The van der Waals surface area contributed by atoms with Crippen molar-refractivity contribution in [1.82, 2.24) is 4.57 Å². The number of para-hydroxylation sites is 1. The highest BCUT2D eigenvalue weighted by atomic mass is 19.1. The number of fused-ring (bicyclic) bond motifs is 1. The SMILES string of the molecule is COC(=O)c1ccc(NC(=O)c2cn(C)c3c(F)cccc3c2=O)cc1. The van der Waals surface area contributed by atoms with Crippen molar-refractivity contribution < 1.29 is 18.7 Å². The number of aromatic nitrogens is 1. The molecular formula is C19H15FN2O4. The molecule has 0 saturated heterocycles. The minimum atomic E-state index is -0.623. The number of nitrogens with one attached hydrogen (secondary N) is 1. The molecule has 3 rings (SSSR count). The van der Waals surface area contributed by atoms with E-state index in [1.807, 2.05) is 0 Å². The molecule has 0 unspecified atom stereocenters. The lowest BCUT2D eigenvalue weighted by molar-refractivity contribution is 0.0600. The van der Waals surface area contributed by atoms with Crippen molar-refractivity contribution in [2.75, 3.05) is 12.4 Å². The Morgan fingerprint density at radius 3 is 2.46 bits per heavy atom. The second-order valence-electron chi connectivity index (χ2n) is 5.64. The summed E-state index contributed by atoms with van der Waals surface area (Å²) in [6, 6.07) is 10.2. The minimum Gasteiger partial charge on any atom is -0.465 e. The van der Waals surface area contributed by atoms with Gasteiger partial charge in [-0.15, -0.1) is 0 Å². The van der Waals surface area contributed by atoms with Crippen molar-refractivity contribution >= 4 is 28.5 Å². The van der Waals surface area contributed by atoms with Crippen LogP contribution in [0.1, 0.15) is 20.7 Å². The van der Waals surface area contributed by atoms with Gasteiger partial charge in [-0.3, -0.25) is 9.59 Å². The number of benzene rings is 2. The average Bonchev–Trinajstić information content (AvgIpc) is 2.64. The zero-order chi connectivity index (χ0) is 18.8. The van der Waals surface area contributed by atoms with Crippen LogP contribution in [0.4, 0.5) is 10.1 Å². The number of methoxy groups -OCH3 is 1. The highest BCUT2D eigenvalue weighted by Gasteiger charge is 2.16. The van der Waals surface area contributed by atoms with E-state index < -0.39 is 23.1 Å². The summed E-state index contributed by atoms with van der Waals surface area (Å²) in [7, 11) is 2.84. The molecule has 0 aliphatic rings. The summed E-state index contributed by atoms with van der Waals surface area (Å²) in [4.78, 5) is 36.4. The molecule has 1 amide bonds. The number of hydrogen-bond donors (Lipinski definition) is 1. The predicted molar refractivity (Wildman–Crippen MR) is 94.9 cm³/mol. The maximum atomic E-state index is 13.9. The number of rotatable bonds is 3. The molecule has 26 heavy (non-hydrogen) atoms. The first kappa shape index (κ1) is 17.3. The standard InChI is InChI=1S/C19H15FN2O4/c1-22-10-14(17(23)13-4-3-5-15(20)16(13)22)18(24)21-12-8-6-11(7-9-12)19(25)26-2/h3-10H,1-2H3,(H,21,24). The number of pyridine rings is 1. The molecule has 132 valence electrons. The van der Waals surface area contributed by atoms with Gasteiger partial charge >= 0.3 is 5.97 Å². The van der Waals surface area contributed by atoms with Gasteiger partial charge < -0.3 is 14.6 Å². The summed E-state index contributed by atoms with van der Waals surface area (Å²) < 4.78 is 20.0. The van der Waals surface area contributed by atoms with Crippen LogP contribution in [0.3, 0.4) is 0 Å². The number of esters is 1. The van der Waals surface area contributed by atoms with Gasteiger partial charge in [0.2, 0.25) is 5.43 Å². The van der Waals surface area contributed by atoms with E-state index in [4.69, 9.17) is 0 Å². The molecule has 0 spiro atoms. The first-order valence-electron chi connectivity index (χ1n) is 7.70. The van der Waals surface area contributed by atoms with Crippen LogP contribution in [0, 0.1) is 5.82 Å². The topological polar surface area (TPSA) is 77.4 Å². The number of nitrogens with zero attached hydrogens (tertiary/aromatic N) is 1. The molecule has 0 bridgehead atoms. The minimum absolute atomic E-state index is 0.109. The van der Waals surface area contributed by atoms with E-state index in [9.17, 15) is 18.8 Å². The number of hydrogen-bond acceptors (Lipinski definition) is 4. The van der Waals surface area contributed by atoms with Crippen LogP contribution in [0.25, 0.3) is 10.9 Å². The molecule has 3 aromatic rings. The number of carbonyl (C=O) groups is 2. The number of halogens is 1. The van der Waals surface area contributed by atoms with Gasteiger partial charge in [0, 0.05) is 24.3 Å². The third-order valence-electron chi connectivity index (χ3n) is 3.96. The molecule has 0 aliphatic carbocycles.